The normalized spacial score (nSPS) is 11.7. The SMILES string of the molecule is CC(C)n1cnc2cc(C(=O)Nc3ccc(NC(=O)C(C)(C)C)c(Cl)c3)cnc21. The summed E-state index contributed by atoms with van der Waals surface area (Å²) in [6.07, 6.45) is 3.24. The fraction of sp³-hybridized carbons (Fsp3) is 0.333. The highest BCUT2D eigenvalue weighted by Gasteiger charge is 2.22. The van der Waals surface area contributed by atoms with E-state index >= 15 is 0 Å². The van der Waals surface area contributed by atoms with E-state index in [2.05, 4.69) is 20.6 Å². The number of amides is 2. The smallest absolute Gasteiger partial charge is 0.257 e. The third-order valence-electron chi connectivity index (χ3n) is 4.39. The van der Waals surface area contributed by atoms with Gasteiger partial charge in [-0.25, -0.2) is 9.97 Å². The lowest BCUT2D eigenvalue weighted by Gasteiger charge is -2.18. The molecule has 2 amide bonds. The van der Waals surface area contributed by atoms with Crippen molar-refractivity contribution in [3.8, 4) is 0 Å². The van der Waals surface area contributed by atoms with Crippen LogP contribution in [0, 0.1) is 5.41 Å². The molecule has 2 heterocycles. The number of hydrogen-bond donors (Lipinski definition) is 2. The zero-order valence-corrected chi connectivity index (χ0v) is 17.8. The van der Waals surface area contributed by atoms with Crippen molar-refractivity contribution in [2.24, 2.45) is 5.41 Å². The summed E-state index contributed by atoms with van der Waals surface area (Å²) in [4.78, 5) is 33.4. The van der Waals surface area contributed by atoms with Gasteiger partial charge >= 0.3 is 0 Å². The highest BCUT2D eigenvalue weighted by Crippen LogP contribution is 2.28. The summed E-state index contributed by atoms with van der Waals surface area (Å²) in [6.45, 7) is 9.54. The van der Waals surface area contributed by atoms with Gasteiger partial charge in [0.1, 0.15) is 5.52 Å². The molecule has 0 fully saturated rings. The number of nitrogens with one attached hydrogen (secondary N) is 2. The number of nitrogens with zero attached hydrogens (tertiary/aromatic N) is 3. The van der Waals surface area contributed by atoms with Crippen LogP contribution >= 0.6 is 11.6 Å². The second-order valence-corrected chi connectivity index (χ2v) is 8.57. The number of rotatable bonds is 4. The van der Waals surface area contributed by atoms with E-state index in [9.17, 15) is 9.59 Å². The Morgan fingerprint density at radius 2 is 1.83 bits per heavy atom. The Bertz CT molecular complexity index is 1080. The monoisotopic (exact) mass is 413 g/mol. The topological polar surface area (TPSA) is 88.9 Å². The molecule has 0 radical (unpaired) electrons. The second-order valence-electron chi connectivity index (χ2n) is 8.17. The number of anilines is 2. The van der Waals surface area contributed by atoms with E-state index in [0.717, 1.165) is 5.65 Å². The fourth-order valence-electron chi connectivity index (χ4n) is 2.63. The molecule has 152 valence electrons. The summed E-state index contributed by atoms with van der Waals surface area (Å²) in [5.41, 5.74) is 2.26. The van der Waals surface area contributed by atoms with Crippen molar-refractivity contribution in [2.75, 3.05) is 10.6 Å². The van der Waals surface area contributed by atoms with Crippen molar-refractivity contribution in [3.63, 3.8) is 0 Å². The Morgan fingerprint density at radius 1 is 1.10 bits per heavy atom. The molecule has 1 aromatic carbocycles. The van der Waals surface area contributed by atoms with E-state index in [-0.39, 0.29) is 17.9 Å². The van der Waals surface area contributed by atoms with Crippen LogP contribution in [0.25, 0.3) is 11.2 Å². The van der Waals surface area contributed by atoms with Crippen LogP contribution in [0.3, 0.4) is 0 Å². The summed E-state index contributed by atoms with van der Waals surface area (Å²) in [7, 11) is 0. The number of fused-ring (bicyclic) bond motifs is 1. The van der Waals surface area contributed by atoms with Gasteiger partial charge < -0.3 is 15.2 Å². The molecule has 0 unspecified atom stereocenters. The molecule has 0 atom stereocenters. The molecule has 3 aromatic rings. The van der Waals surface area contributed by atoms with E-state index < -0.39 is 5.41 Å². The van der Waals surface area contributed by atoms with Gasteiger partial charge in [-0.2, -0.15) is 0 Å². The molecular weight excluding hydrogens is 390 g/mol. The van der Waals surface area contributed by atoms with E-state index in [4.69, 9.17) is 11.6 Å². The van der Waals surface area contributed by atoms with Crippen molar-refractivity contribution in [1.29, 1.82) is 0 Å². The summed E-state index contributed by atoms with van der Waals surface area (Å²) in [5.74, 6) is -0.461. The number of aromatic nitrogens is 3. The first kappa shape index (κ1) is 20.8. The minimum atomic E-state index is -0.537. The Hall–Kier alpha value is -2.93. The zero-order valence-electron chi connectivity index (χ0n) is 17.1. The molecule has 0 aliphatic rings. The molecule has 8 heteroatoms. The van der Waals surface area contributed by atoms with Crippen molar-refractivity contribution in [2.45, 2.75) is 40.7 Å². The maximum Gasteiger partial charge on any atom is 0.257 e. The molecule has 0 saturated carbocycles. The van der Waals surface area contributed by atoms with Gasteiger partial charge in [0, 0.05) is 23.3 Å². The van der Waals surface area contributed by atoms with Crippen LogP contribution in [-0.4, -0.2) is 26.3 Å². The molecule has 0 saturated heterocycles. The van der Waals surface area contributed by atoms with E-state index in [1.54, 1.807) is 30.6 Å². The van der Waals surface area contributed by atoms with Gasteiger partial charge in [-0.05, 0) is 38.1 Å². The average Bonchev–Trinajstić information content (AvgIpc) is 3.06. The molecule has 0 bridgehead atoms. The summed E-state index contributed by atoms with van der Waals surface area (Å²) in [6, 6.07) is 6.87. The van der Waals surface area contributed by atoms with Gasteiger partial charge in [0.2, 0.25) is 5.91 Å². The van der Waals surface area contributed by atoms with Gasteiger partial charge in [-0.3, -0.25) is 9.59 Å². The number of pyridine rings is 1. The predicted octanol–water partition coefficient (Wildman–Crippen LogP) is 4.90. The zero-order chi connectivity index (χ0) is 21.3. The molecule has 0 spiro atoms. The molecule has 0 aliphatic carbocycles. The Balaban J connectivity index is 1.76. The first-order valence-electron chi connectivity index (χ1n) is 9.31. The molecule has 29 heavy (non-hydrogen) atoms. The number of halogens is 1. The van der Waals surface area contributed by atoms with Crippen molar-refractivity contribution in [3.05, 3.63) is 47.4 Å². The van der Waals surface area contributed by atoms with Gasteiger partial charge in [0.25, 0.3) is 5.91 Å². The van der Waals surface area contributed by atoms with Crippen LogP contribution in [0.5, 0.6) is 0 Å². The lowest BCUT2D eigenvalue weighted by atomic mass is 9.95. The van der Waals surface area contributed by atoms with E-state index in [1.165, 1.54) is 6.20 Å². The van der Waals surface area contributed by atoms with Crippen LogP contribution < -0.4 is 10.6 Å². The molecule has 2 aromatic heterocycles. The van der Waals surface area contributed by atoms with Crippen LogP contribution in [-0.2, 0) is 4.79 Å². The van der Waals surface area contributed by atoms with E-state index in [1.807, 2.05) is 39.2 Å². The highest BCUT2D eigenvalue weighted by molar-refractivity contribution is 6.34. The predicted molar refractivity (Wildman–Crippen MR) is 115 cm³/mol. The maximum absolute atomic E-state index is 12.6. The van der Waals surface area contributed by atoms with Gasteiger partial charge in [0.05, 0.1) is 22.6 Å². The maximum atomic E-state index is 12.6. The summed E-state index contributed by atoms with van der Waals surface area (Å²) >= 11 is 6.27. The minimum absolute atomic E-state index is 0.142. The number of hydrogen-bond acceptors (Lipinski definition) is 4. The van der Waals surface area contributed by atoms with Crippen molar-refractivity contribution < 1.29 is 9.59 Å². The first-order chi connectivity index (χ1) is 13.6. The standard InChI is InChI=1S/C21H24ClN5O2/c1-12(2)27-11-24-17-8-13(10-23-18(17)27)19(28)25-14-6-7-16(15(22)9-14)26-20(29)21(3,4)5/h6-12H,1-5H3,(H,25,28)(H,26,29). The molecule has 7 nitrogen and oxygen atoms in total. The second kappa shape index (κ2) is 7.83. The highest BCUT2D eigenvalue weighted by atomic mass is 35.5. The Morgan fingerprint density at radius 3 is 2.45 bits per heavy atom. The third-order valence-corrected chi connectivity index (χ3v) is 4.70. The van der Waals surface area contributed by atoms with E-state index in [0.29, 0.717) is 27.5 Å². The van der Waals surface area contributed by atoms with Crippen LogP contribution in [0.15, 0.2) is 36.8 Å². The largest absolute Gasteiger partial charge is 0.324 e. The van der Waals surface area contributed by atoms with Gasteiger partial charge in [0.15, 0.2) is 5.65 Å². The quantitative estimate of drug-likeness (QED) is 0.636. The van der Waals surface area contributed by atoms with Crippen LogP contribution in [0.1, 0.15) is 51.0 Å². The number of carbonyl (C=O) groups excluding carboxylic acids is 2. The van der Waals surface area contributed by atoms with Crippen molar-refractivity contribution in [1.82, 2.24) is 14.5 Å². The lowest BCUT2D eigenvalue weighted by molar-refractivity contribution is -0.123. The van der Waals surface area contributed by atoms with Gasteiger partial charge in [-0.1, -0.05) is 32.4 Å². The third kappa shape index (κ3) is 4.56. The van der Waals surface area contributed by atoms with Crippen LogP contribution in [0.4, 0.5) is 11.4 Å². The van der Waals surface area contributed by atoms with Crippen LogP contribution in [0.2, 0.25) is 5.02 Å². The number of imidazole rings is 1. The van der Waals surface area contributed by atoms with Crippen molar-refractivity contribution >= 4 is 46.0 Å². The molecule has 0 aliphatic heterocycles. The first-order valence-corrected chi connectivity index (χ1v) is 9.69. The number of carbonyl (C=O) groups is 2. The lowest BCUT2D eigenvalue weighted by Crippen LogP contribution is -2.27. The fourth-order valence-corrected chi connectivity index (χ4v) is 2.86. The molecule has 3 rings (SSSR count). The molecular formula is C21H24ClN5O2. The Kier molecular flexibility index (Phi) is 5.61. The Labute approximate surface area is 174 Å². The van der Waals surface area contributed by atoms with Gasteiger partial charge in [-0.15, -0.1) is 0 Å². The summed E-state index contributed by atoms with van der Waals surface area (Å²) in [5, 5.41) is 5.92. The molecule has 2 N–H and O–H groups in total. The summed E-state index contributed by atoms with van der Waals surface area (Å²) < 4.78 is 1.95. The minimum Gasteiger partial charge on any atom is -0.324 e. The average molecular weight is 414 g/mol. The number of benzene rings is 1.